The molecule has 0 fully saturated rings. The number of fused-ring (bicyclic) bond motifs is 1. The van der Waals surface area contributed by atoms with E-state index < -0.39 is 0 Å². The first-order valence-corrected chi connectivity index (χ1v) is 5.82. The van der Waals surface area contributed by atoms with E-state index in [1.807, 2.05) is 0 Å². The van der Waals surface area contributed by atoms with Gasteiger partial charge in [0.05, 0.1) is 22.6 Å². The lowest BCUT2D eigenvalue weighted by Gasteiger charge is -2.07. The van der Waals surface area contributed by atoms with Gasteiger partial charge in [-0.05, 0) is 12.1 Å². The first-order valence-electron chi connectivity index (χ1n) is 4.69. The van der Waals surface area contributed by atoms with Crippen molar-refractivity contribution < 1.29 is 0 Å². The first-order chi connectivity index (χ1) is 8.16. The Hall–Kier alpha value is -1.23. The van der Waals surface area contributed by atoms with Gasteiger partial charge in [0.1, 0.15) is 11.2 Å². The molecule has 1 aromatic carbocycles. The molecule has 0 saturated carbocycles. The summed E-state index contributed by atoms with van der Waals surface area (Å²) in [6.45, 7) is 0. The molecule has 0 aliphatic carbocycles. The predicted molar refractivity (Wildman–Crippen MR) is 68.2 cm³/mol. The molecule has 0 amide bonds. The Morgan fingerprint density at radius 1 is 1.12 bits per heavy atom. The summed E-state index contributed by atoms with van der Waals surface area (Å²) in [5, 5.41) is 5.52. The average molecular weight is 288 g/mol. The number of hydrogen-bond donors (Lipinski definition) is 1. The topological polar surface area (TPSA) is 46.5 Å². The number of aromatic amines is 1. The van der Waals surface area contributed by atoms with Gasteiger partial charge in [0.2, 0.25) is 0 Å². The average Bonchev–Trinajstić information content (AvgIpc) is 2.80. The summed E-state index contributed by atoms with van der Waals surface area (Å²) in [6.07, 6.45) is 3.24. The molecular weight excluding hydrogens is 282 g/mol. The van der Waals surface area contributed by atoms with Crippen LogP contribution in [0.5, 0.6) is 0 Å². The SMILES string of the molecule is Clc1cc(Cl)c(-n2ncc3[nH]cnc32)c(Cl)c1. The maximum atomic E-state index is 6.13. The molecule has 3 aromatic rings. The van der Waals surface area contributed by atoms with Gasteiger partial charge in [0.25, 0.3) is 0 Å². The Balaban J connectivity index is 2.33. The van der Waals surface area contributed by atoms with Crippen LogP contribution >= 0.6 is 34.8 Å². The Kier molecular flexibility index (Phi) is 2.50. The van der Waals surface area contributed by atoms with Crippen LogP contribution in [0.4, 0.5) is 0 Å². The molecule has 0 unspecified atom stereocenters. The van der Waals surface area contributed by atoms with Crippen LogP contribution in [-0.4, -0.2) is 19.7 Å². The van der Waals surface area contributed by atoms with Crippen LogP contribution in [0.3, 0.4) is 0 Å². The molecule has 3 rings (SSSR count). The lowest BCUT2D eigenvalue weighted by Crippen LogP contribution is -1.98. The Bertz CT molecular complexity index is 677. The summed E-state index contributed by atoms with van der Waals surface area (Å²) in [6, 6.07) is 3.23. The number of aromatic nitrogens is 4. The van der Waals surface area contributed by atoms with Gasteiger partial charge in [-0.1, -0.05) is 34.8 Å². The summed E-state index contributed by atoms with van der Waals surface area (Å²) in [4.78, 5) is 7.11. The Labute approximate surface area is 111 Å². The van der Waals surface area contributed by atoms with Gasteiger partial charge >= 0.3 is 0 Å². The molecule has 0 spiro atoms. The second kappa shape index (κ2) is 3.91. The van der Waals surface area contributed by atoms with Crippen molar-refractivity contribution in [2.45, 2.75) is 0 Å². The number of halogens is 3. The fraction of sp³-hybridized carbons (Fsp3) is 0. The van der Waals surface area contributed by atoms with Crippen LogP contribution in [0.2, 0.25) is 15.1 Å². The van der Waals surface area contributed by atoms with Gasteiger partial charge in [-0.25, -0.2) is 9.67 Å². The Morgan fingerprint density at radius 2 is 1.82 bits per heavy atom. The molecular formula is C10H5Cl3N4. The maximum absolute atomic E-state index is 6.13. The second-order valence-electron chi connectivity index (χ2n) is 3.41. The van der Waals surface area contributed by atoms with Gasteiger partial charge in [-0.2, -0.15) is 5.10 Å². The lowest BCUT2D eigenvalue weighted by molar-refractivity contribution is 0.896. The van der Waals surface area contributed by atoms with Crippen molar-refractivity contribution in [1.29, 1.82) is 0 Å². The van der Waals surface area contributed by atoms with Gasteiger partial charge in [-0.15, -0.1) is 0 Å². The third-order valence-corrected chi connectivity index (χ3v) is 3.14. The molecule has 0 radical (unpaired) electrons. The van der Waals surface area contributed by atoms with Gasteiger partial charge < -0.3 is 4.98 Å². The van der Waals surface area contributed by atoms with E-state index in [9.17, 15) is 0 Å². The molecule has 0 aliphatic rings. The Morgan fingerprint density at radius 3 is 2.53 bits per heavy atom. The quantitative estimate of drug-likeness (QED) is 0.741. The van der Waals surface area contributed by atoms with E-state index in [1.54, 1.807) is 29.3 Å². The molecule has 2 heterocycles. The summed E-state index contributed by atoms with van der Waals surface area (Å²) in [5.41, 5.74) is 2.04. The minimum atomic E-state index is 0.426. The summed E-state index contributed by atoms with van der Waals surface area (Å²) in [7, 11) is 0. The zero-order valence-electron chi connectivity index (χ0n) is 8.28. The van der Waals surface area contributed by atoms with Crippen molar-refractivity contribution in [1.82, 2.24) is 19.7 Å². The molecule has 86 valence electrons. The molecule has 2 aromatic heterocycles. The van der Waals surface area contributed by atoms with E-state index in [-0.39, 0.29) is 0 Å². The zero-order chi connectivity index (χ0) is 12.0. The molecule has 0 atom stereocenters. The van der Waals surface area contributed by atoms with Crippen LogP contribution in [0.15, 0.2) is 24.7 Å². The number of benzene rings is 1. The fourth-order valence-electron chi connectivity index (χ4n) is 1.63. The van der Waals surface area contributed by atoms with Gasteiger partial charge in [0, 0.05) is 5.02 Å². The number of nitrogens with one attached hydrogen (secondary N) is 1. The van der Waals surface area contributed by atoms with Crippen LogP contribution < -0.4 is 0 Å². The standard InChI is InChI=1S/C10H5Cl3N4/c11-5-1-6(12)9(7(13)2-5)17-10-8(3-16-17)14-4-15-10/h1-4H,(H,14,15). The molecule has 0 aliphatic heterocycles. The molecule has 0 bridgehead atoms. The van der Waals surface area contributed by atoms with Crippen LogP contribution in [0, 0.1) is 0 Å². The summed E-state index contributed by atoms with van der Waals surface area (Å²) < 4.78 is 1.58. The minimum Gasteiger partial charge on any atom is -0.342 e. The highest BCUT2D eigenvalue weighted by atomic mass is 35.5. The molecule has 1 N–H and O–H groups in total. The normalized spacial score (nSPS) is 11.2. The molecule has 7 heteroatoms. The van der Waals surface area contributed by atoms with E-state index in [0.29, 0.717) is 26.4 Å². The third-order valence-electron chi connectivity index (χ3n) is 2.34. The van der Waals surface area contributed by atoms with E-state index in [4.69, 9.17) is 34.8 Å². The van der Waals surface area contributed by atoms with Crippen molar-refractivity contribution in [2.24, 2.45) is 0 Å². The van der Waals surface area contributed by atoms with Crippen LogP contribution in [0.25, 0.3) is 16.9 Å². The maximum Gasteiger partial charge on any atom is 0.180 e. The highest BCUT2D eigenvalue weighted by Gasteiger charge is 2.14. The predicted octanol–water partition coefficient (Wildman–Crippen LogP) is 3.71. The summed E-state index contributed by atoms with van der Waals surface area (Å²) >= 11 is 18.1. The number of hydrogen-bond acceptors (Lipinski definition) is 2. The first kappa shape index (κ1) is 10.9. The van der Waals surface area contributed by atoms with E-state index >= 15 is 0 Å². The number of H-pyrrole nitrogens is 1. The van der Waals surface area contributed by atoms with Crippen molar-refractivity contribution in [3.63, 3.8) is 0 Å². The summed E-state index contributed by atoms with van der Waals surface area (Å²) in [5.74, 6) is 0. The fourth-order valence-corrected chi connectivity index (χ4v) is 2.61. The highest BCUT2D eigenvalue weighted by Crippen LogP contribution is 2.33. The molecule has 4 nitrogen and oxygen atoms in total. The van der Waals surface area contributed by atoms with Crippen molar-refractivity contribution in [2.75, 3.05) is 0 Å². The minimum absolute atomic E-state index is 0.426. The molecule has 17 heavy (non-hydrogen) atoms. The largest absolute Gasteiger partial charge is 0.342 e. The second-order valence-corrected chi connectivity index (χ2v) is 4.67. The highest BCUT2D eigenvalue weighted by molar-refractivity contribution is 6.40. The number of rotatable bonds is 1. The smallest absolute Gasteiger partial charge is 0.180 e. The number of nitrogens with zero attached hydrogens (tertiary/aromatic N) is 3. The van der Waals surface area contributed by atoms with E-state index in [0.717, 1.165) is 5.52 Å². The zero-order valence-corrected chi connectivity index (χ0v) is 10.6. The monoisotopic (exact) mass is 286 g/mol. The van der Waals surface area contributed by atoms with Gasteiger partial charge in [0.15, 0.2) is 5.65 Å². The molecule has 0 saturated heterocycles. The van der Waals surface area contributed by atoms with Gasteiger partial charge in [-0.3, -0.25) is 0 Å². The van der Waals surface area contributed by atoms with Crippen LogP contribution in [0.1, 0.15) is 0 Å². The third kappa shape index (κ3) is 1.69. The van der Waals surface area contributed by atoms with Crippen LogP contribution in [-0.2, 0) is 0 Å². The number of imidazole rings is 1. The van der Waals surface area contributed by atoms with Crippen molar-refractivity contribution >= 4 is 46.0 Å². The van der Waals surface area contributed by atoms with E-state index in [1.165, 1.54) is 0 Å². The van der Waals surface area contributed by atoms with E-state index in [2.05, 4.69) is 15.1 Å². The van der Waals surface area contributed by atoms with Crippen molar-refractivity contribution in [3.05, 3.63) is 39.7 Å². The lowest BCUT2D eigenvalue weighted by atomic mass is 10.3. The van der Waals surface area contributed by atoms with Crippen molar-refractivity contribution in [3.8, 4) is 5.69 Å².